The largest absolute Gasteiger partial charge is 0.439 e. The van der Waals surface area contributed by atoms with Gasteiger partial charge in [0.2, 0.25) is 17.5 Å². The Morgan fingerprint density at radius 2 is 1.87 bits per heavy atom. The molecule has 13 heteroatoms. The van der Waals surface area contributed by atoms with Crippen molar-refractivity contribution < 1.29 is 43.3 Å². The fraction of sp³-hybridized carbons (Fsp3) is 0.559. The van der Waals surface area contributed by atoms with Crippen LogP contribution in [0.3, 0.4) is 0 Å². The molecule has 2 aliphatic heterocycles. The first-order chi connectivity index (χ1) is 22.3. The van der Waals surface area contributed by atoms with Gasteiger partial charge in [-0.1, -0.05) is 38.2 Å². The monoisotopic (exact) mass is 656 g/mol. The average Bonchev–Trinajstić information content (AvgIpc) is 3.43. The van der Waals surface area contributed by atoms with Crippen LogP contribution >= 0.6 is 0 Å². The lowest BCUT2D eigenvalue weighted by Crippen LogP contribution is -2.39. The van der Waals surface area contributed by atoms with Crippen LogP contribution in [-0.4, -0.2) is 97.8 Å². The summed E-state index contributed by atoms with van der Waals surface area (Å²) in [6.45, 7) is 8.26. The Morgan fingerprint density at radius 3 is 2.49 bits per heavy atom. The second-order valence-corrected chi connectivity index (χ2v) is 12.3. The molecule has 1 aliphatic carbocycles. The highest BCUT2D eigenvalue weighted by molar-refractivity contribution is 6.23. The number of primary amides is 1. The van der Waals surface area contributed by atoms with E-state index in [0.717, 1.165) is 12.5 Å². The van der Waals surface area contributed by atoms with Gasteiger partial charge in [-0.3, -0.25) is 19.2 Å². The SMILES string of the molecule is CO[C@H]1/C=C\C=C(/C)C(=O)NC2=CC(=O)C(NCCN3CCCC3=O)=C(C[C@@H](C)C[C@H](OC)[C@H](O)[C@@H](C)/C=C(\C)[C@@H]1OC(N)=O)C2=O. The Balaban J connectivity index is 2.01. The van der Waals surface area contributed by atoms with Gasteiger partial charge in [0.1, 0.15) is 6.10 Å². The van der Waals surface area contributed by atoms with Gasteiger partial charge in [0.15, 0.2) is 6.10 Å². The molecule has 6 atom stereocenters. The molecular formula is C34H48N4O9. The van der Waals surface area contributed by atoms with Crippen LogP contribution in [0, 0.1) is 11.8 Å². The molecule has 0 saturated carbocycles. The normalized spacial score (nSPS) is 31.4. The Bertz CT molecular complexity index is 1380. The number of carbonyl (C=O) groups excluding carboxylic acids is 5. The van der Waals surface area contributed by atoms with Crippen LogP contribution in [0.5, 0.6) is 0 Å². The summed E-state index contributed by atoms with van der Waals surface area (Å²) in [5, 5.41) is 17.0. The standard InChI is InChI=1S/C34H48N4O9/c1-19-15-23-29(36-12-14-38-13-8-11-28(38)40)25(39)18-24(31(23)42)37-33(43)20(2)9-7-10-26(45-5)32(47-34(35)44)22(4)17-21(3)30(41)27(16-19)46-6/h7,9-10,17-19,21,26-27,30,32,36,41H,8,11-16H2,1-6H3,(H2,35,44)(H,37,43)/b10-7-,20-9+,22-17+/t19-,21+,26+,27+,30-,32+/m1/s1. The summed E-state index contributed by atoms with van der Waals surface area (Å²) in [6, 6.07) is 0. The number of aliphatic hydroxyl groups is 1. The quantitative estimate of drug-likeness (QED) is 0.233. The van der Waals surface area contributed by atoms with E-state index in [2.05, 4.69) is 10.6 Å². The van der Waals surface area contributed by atoms with Gasteiger partial charge in [-0.05, 0) is 44.6 Å². The van der Waals surface area contributed by atoms with Gasteiger partial charge in [0.25, 0.3) is 5.91 Å². The van der Waals surface area contributed by atoms with Crippen molar-refractivity contribution in [2.45, 2.75) is 77.8 Å². The van der Waals surface area contributed by atoms with Gasteiger partial charge in [-0.25, -0.2) is 4.79 Å². The van der Waals surface area contributed by atoms with Crippen molar-refractivity contribution in [3.63, 3.8) is 0 Å². The van der Waals surface area contributed by atoms with Crippen molar-refractivity contribution in [3.8, 4) is 0 Å². The van der Waals surface area contributed by atoms with Gasteiger partial charge in [-0.15, -0.1) is 0 Å². The summed E-state index contributed by atoms with van der Waals surface area (Å²) in [4.78, 5) is 65.9. The molecule has 3 aliphatic rings. The average molecular weight is 657 g/mol. The number of nitrogens with two attached hydrogens (primary N) is 1. The van der Waals surface area contributed by atoms with Crippen molar-refractivity contribution in [1.82, 2.24) is 15.5 Å². The molecule has 0 aromatic heterocycles. The molecule has 0 spiro atoms. The molecule has 1 saturated heterocycles. The maximum Gasteiger partial charge on any atom is 0.405 e. The van der Waals surface area contributed by atoms with E-state index in [0.29, 0.717) is 31.5 Å². The van der Waals surface area contributed by atoms with Gasteiger partial charge in [-0.2, -0.15) is 0 Å². The van der Waals surface area contributed by atoms with Crippen LogP contribution < -0.4 is 16.4 Å². The van der Waals surface area contributed by atoms with E-state index < -0.39 is 53.9 Å². The van der Waals surface area contributed by atoms with Crippen molar-refractivity contribution >= 4 is 29.5 Å². The molecule has 0 unspecified atom stereocenters. The number of carbonyl (C=O) groups is 5. The van der Waals surface area contributed by atoms with E-state index in [1.54, 1.807) is 43.9 Å². The molecular weight excluding hydrogens is 608 g/mol. The zero-order chi connectivity index (χ0) is 34.8. The maximum absolute atomic E-state index is 13.8. The summed E-state index contributed by atoms with van der Waals surface area (Å²) in [6.07, 6.45) is 4.86. The fourth-order valence-corrected chi connectivity index (χ4v) is 6.03. The second kappa shape index (κ2) is 17.2. The minimum atomic E-state index is -1.01. The van der Waals surface area contributed by atoms with Crippen LogP contribution in [-0.2, 0) is 33.4 Å². The molecule has 1 fully saturated rings. The minimum Gasteiger partial charge on any atom is -0.439 e. The molecule has 0 aromatic rings. The number of ketones is 2. The lowest BCUT2D eigenvalue weighted by Gasteiger charge is -2.30. The highest BCUT2D eigenvalue weighted by Crippen LogP contribution is 2.29. The third-order valence-electron chi connectivity index (χ3n) is 8.65. The molecule has 3 amide bonds. The first-order valence-corrected chi connectivity index (χ1v) is 15.9. The molecule has 3 rings (SSSR count). The number of ether oxygens (including phenoxy) is 3. The highest BCUT2D eigenvalue weighted by atomic mass is 16.6. The van der Waals surface area contributed by atoms with E-state index in [4.69, 9.17) is 19.9 Å². The summed E-state index contributed by atoms with van der Waals surface area (Å²) in [5.41, 5.74) is 6.34. The van der Waals surface area contributed by atoms with Crippen molar-refractivity contribution in [3.05, 3.63) is 58.5 Å². The van der Waals surface area contributed by atoms with Crippen LogP contribution in [0.2, 0.25) is 0 Å². The first kappa shape index (κ1) is 37.4. The van der Waals surface area contributed by atoms with E-state index in [-0.39, 0.29) is 47.3 Å². The van der Waals surface area contributed by atoms with Crippen LogP contribution in [0.25, 0.3) is 0 Å². The lowest BCUT2D eigenvalue weighted by atomic mass is 9.85. The predicted molar refractivity (Wildman–Crippen MR) is 173 cm³/mol. The number of nitrogens with one attached hydrogen (secondary N) is 2. The smallest absolute Gasteiger partial charge is 0.405 e. The maximum atomic E-state index is 13.8. The number of hydrogen-bond donors (Lipinski definition) is 4. The number of nitrogens with zero attached hydrogens (tertiary/aromatic N) is 1. The number of fused-ring (bicyclic) bond motifs is 2. The van der Waals surface area contributed by atoms with Gasteiger partial charge in [0, 0.05) is 63.4 Å². The number of hydrogen-bond acceptors (Lipinski definition) is 10. The van der Waals surface area contributed by atoms with E-state index in [1.807, 2.05) is 6.92 Å². The zero-order valence-electron chi connectivity index (χ0n) is 28.0. The number of amides is 3. The molecule has 0 radical (unpaired) electrons. The Morgan fingerprint density at radius 1 is 1.15 bits per heavy atom. The van der Waals surface area contributed by atoms with E-state index >= 15 is 0 Å². The molecule has 5 N–H and O–H groups in total. The minimum absolute atomic E-state index is 0.0521. The number of aliphatic hydroxyl groups excluding tert-OH is 1. The summed E-state index contributed by atoms with van der Waals surface area (Å²) < 4.78 is 16.6. The number of likely N-dealkylation sites (tertiary alicyclic amines) is 1. The third kappa shape index (κ3) is 9.96. The van der Waals surface area contributed by atoms with Gasteiger partial charge < -0.3 is 40.6 Å². The Kier molecular flexibility index (Phi) is 13.7. The number of rotatable bonds is 7. The fourth-order valence-electron chi connectivity index (χ4n) is 6.03. The summed E-state index contributed by atoms with van der Waals surface area (Å²) >= 11 is 0. The van der Waals surface area contributed by atoms with Gasteiger partial charge in [0.05, 0.1) is 23.6 Å². The van der Waals surface area contributed by atoms with Gasteiger partial charge >= 0.3 is 6.09 Å². The van der Waals surface area contributed by atoms with E-state index in [9.17, 15) is 29.1 Å². The number of Topliss-reactive ketones (excluding diaryl/α,β-unsaturated/α-hetero) is 1. The van der Waals surface area contributed by atoms with Crippen molar-refractivity contribution in [1.29, 1.82) is 0 Å². The van der Waals surface area contributed by atoms with Crippen LogP contribution in [0.4, 0.5) is 4.79 Å². The Labute approximate surface area is 275 Å². The predicted octanol–water partition coefficient (Wildman–Crippen LogP) is 1.97. The molecule has 2 heterocycles. The molecule has 13 nitrogen and oxygen atoms in total. The molecule has 258 valence electrons. The topological polar surface area (TPSA) is 187 Å². The third-order valence-corrected chi connectivity index (χ3v) is 8.65. The van der Waals surface area contributed by atoms with Crippen LogP contribution in [0.15, 0.2) is 58.5 Å². The van der Waals surface area contributed by atoms with Crippen molar-refractivity contribution in [2.24, 2.45) is 17.6 Å². The molecule has 47 heavy (non-hydrogen) atoms. The number of methoxy groups -OCH3 is 2. The highest BCUT2D eigenvalue weighted by Gasteiger charge is 2.33. The zero-order valence-corrected chi connectivity index (χ0v) is 28.0. The number of allylic oxidation sites excluding steroid dienone is 4. The Hall–Kier alpha value is -4.07. The molecule has 0 aromatic carbocycles. The summed E-state index contributed by atoms with van der Waals surface area (Å²) in [5.74, 6) is -2.22. The second-order valence-electron chi connectivity index (χ2n) is 12.3. The first-order valence-electron chi connectivity index (χ1n) is 15.9. The lowest BCUT2D eigenvalue weighted by molar-refractivity contribution is -0.127. The molecule has 2 bridgehead atoms. The van der Waals surface area contributed by atoms with E-state index in [1.165, 1.54) is 20.3 Å². The van der Waals surface area contributed by atoms with Crippen molar-refractivity contribution in [2.75, 3.05) is 33.9 Å². The summed E-state index contributed by atoms with van der Waals surface area (Å²) in [7, 11) is 2.91. The van der Waals surface area contributed by atoms with Crippen LogP contribution in [0.1, 0.15) is 53.4 Å².